The Balaban J connectivity index is 1.59. The Hall–Kier alpha value is -0.870. The molecule has 1 saturated carbocycles. The van der Waals surface area contributed by atoms with Crippen molar-refractivity contribution in [2.24, 2.45) is 0 Å². The van der Waals surface area contributed by atoms with E-state index in [9.17, 15) is 0 Å². The Labute approximate surface area is 119 Å². The van der Waals surface area contributed by atoms with Crippen molar-refractivity contribution >= 4 is 11.8 Å². The van der Waals surface area contributed by atoms with Gasteiger partial charge in [-0.05, 0) is 36.8 Å². The van der Waals surface area contributed by atoms with E-state index in [1.807, 2.05) is 17.8 Å². The first-order valence-electron chi connectivity index (χ1n) is 7.01. The van der Waals surface area contributed by atoms with Gasteiger partial charge in [0.15, 0.2) is 11.5 Å². The number of hydrogen-bond donors (Lipinski definition) is 1. The average molecular weight is 279 g/mol. The van der Waals surface area contributed by atoms with E-state index < -0.39 is 0 Å². The van der Waals surface area contributed by atoms with Crippen molar-refractivity contribution in [3.05, 3.63) is 23.8 Å². The minimum absolute atomic E-state index is 0.351. The molecule has 1 fully saturated rings. The smallest absolute Gasteiger partial charge is 0.231 e. The monoisotopic (exact) mass is 279 g/mol. The van der Waals surface area contributed by atoms with Crippen LogP contribution in [0.1, 0.15) is 31.2 Å². The average Bonchev–Trinajstić information content (AvgIpc) is 2.93. The lowest BCUT2D eigenvalue weighted by Crippen LogP contribution is -2.39. The third-order valence-corrected chi connectivity index (χ3v) is 5.18. The first kappa shape index (κ1) is 13.1. The molecule has 0 spiro atoms. The Morgan fingerprint density at radius 1 is 1.21 bits per heavy atom. The summed E-state index contributed by atoms with van der Waals surface area (Å²) in [7, 11) is 0. The maximum atomic E-state index is 5.42. The van der Waals surface area contributed by atoms with Crippen LogP contribution >= 0.6 is 11.8 Å². The molecule has 1 aliphatic carbocycles. The van der Waals surface area contributed by atoms with Crippen molar-refractivity contribution in [3.63, 3.8) is 0 Å². The van der Waals surface area contributed by atoms with Crippen LogP contribution in [0.15, 0.2) is 18.2 Å². The van der Waals surface area contributed by atoms with Crippen LogP contribution in [0.5, 0.6) is 11.5 Å². The molecule has 0 saturated heterocycles. The number of nitrogens with one attached hydrogen (secondary N) is 1. The second-order valence-electron chi connectivity index (χ2n) is 5.23. The molecule has 1 aromatic carbocycles. The van der Waals surface area contributed by atoms with Gasteiger partial charge in [-0.1, -0.05) is 18.9 Å². The molecule has 1 N–H and O–H groups in total. The van der Waals surface area contributed by atoms with Gasteiger partial charge in [0, 0.05) is 17.8 Å². The van der Waals surface area contributed by atoms with Crippen LogP contribution in [0.2, 0.25) is 0 Å². The van der Waals surface area contributed by atoms with E-state index in [0.717, 1.165) is 23.3 Å². The minimum atomic E-state index is 0.351. The highest BCUT2D eigenvalue weighted by Gasteiger charge is 2.23. The van der Waals surface area contributed by atoms with Crippen molar-refractivity contribution in [1.82, 2.24) is 5.32 Å². The summed E-state index contributed by atoms with van der Waals surface area (Å²) < 4.78 is 10.8. The van der Waals surface area contributed by atoms with Gasteiger partial charge in [-0.2, -0.15) is 11.8 Å². The van der Waals surface area contributed by atoms with E-state index in [1.165, 1.54) is 31.2 Å². The molecule has 104 valence electrons. The van der Waals surface area contributed by atoms with Gasteiger partial charge >= 0.3 is 0 Å². The molecule has 0 amide bonds. The quantitative estimate of drug-likeness (QED) is 0.917. The highest BCUT2D eigenvalue weighted by atomic mass is 32.2. The van der Waals surface area contributed by atoms with Crippen LogP contribution in [0.25, 0.3) is 0 Å². The van der Waals surface area contributed by atoms with E-state index >= 15 is 0 Å². The van der Waals surface area contributed by atoms with Crippen molar-refractivity contribution < 1.29 is 9.47 Å². The van der Waals surface area contributed by atoms with Crippen LogP contribution in [0.3, 0.4) is 0 Å². The molecule has 3 nitrogen and oxygen atoms in total. The van der Waals surface area contributed by atoms with E-state index in [1.54, 1.807) is 0 Å². The summed E-state index contributed by atoms with van der Waals surface area (Å²) in [5.41, 5.74) is 1.27. The fraction of sp³-hybridized carbons (Fsp3) is 0.600. The van der Waals surface area contributed by atoms with Crippen LogP contribution < -0.4 is 14.8 Å². The number of fused-ring (bicyclic) bond motifs is 1. The molecule has 0 radical (unpaired) electrons. The highest BCUT2D eigenvalue weighted by Crippen LogP contribution is 2.33. The zero-order valence-electron chi connectivity index (χ0n) is 11.4. The summed E-state index contributed by atoms with van der Waals surface area (Å²) >= 11 is 2.00. The predicted octanol–water partition coefficient (Wildman–Crippen LogP) is 3.18. The normalized spacial score (nSPS) is 25.5. The molecule has 2 aliphatic rings. The zero-order chi connectivity index (χ0) is 13.1. The van der Waals surface area contributed by atoms with E-state index in [4.69, 9.17) is 9.47 Å². The third-order valence-electron chi connectivity index (χ3n) is 4.01. The summed E-state index contributed by atoms with van der Waals surface area (Å²) in [4.78, 5) is 0. The first-order chi connectivity index (χ1) is 9.36. The van der Waals surface area contributed by atoms with Gasteiger partial charge in [-0.15, -0.1) is 0 Å². The standard InChI is InChI=1S/C15H21NO2S/c1-19-15-5-3-2-4-12(15)16-9-11-6-7-13-14(8-11)18-10-17-13/h6-8,12,15-16H,2-5,9-10H2,1H3. The largest absolute Gasteiger partial charge is 0.454 e. The third kappa shape index (κ3) is 3.00. The van der Waals surface area contributed by atoms with Gasteiger partial charge in [-0.25, -0.2) is 0 Å². The summed E-state index contributed by atoms with van der Waals surface area (Å²) in [6, 6.07) is 6.87. The molecule has 4 heteroatoms. The van der Waals surface area contributed by atoms with E-state index in [2.05, 4.69) is 23.7 Å². The lowest BCUT2D eigenvalue weighted by molar-refractivity contribution is 0.174. The Bertz CT molecular complexity index is 438. The predicted molar refractivity (Wildman–Crippen MR) is 79.0 cm³/mol. The minimum Gasteiger partial charge on any atom is -0.454 e. The molecule has 0 aromatic heterocycles. The zero-order valence-corrected chi connectivity index (χ0v) is 12.2. The van der Waals surface area contributed by atoms with Crippen molar-refractivity contribution in [3.8, 4) is 11.5 Å². The molecular formula is C15H21NO2S. The summed E-state index contributed by atoms with van der Waals surface area (Å²) in [6.07, 6.45) is 7.62. The van der Waals surface area contributed by atoms with Gasteiger partial charge < -0.3 is 14.8 Å². The van der Waals surface area contributed by atoms with Gasteiger partial charge in [0.25, 0.3) is 0 Å². The first-order valence-corrected chi connectivity index (χ1v) is 8.30. The second kappa shape index (κ2) is 6.06. The molecule has 1 aromatic rings. The maximum Gasteiger partial charge on any atom is 0.231 e. The van der Waals surface area contributed by atoms with Gasteiger partial charge in [-0.3, -0.25) is 0 Å². The Morgan fingerprint density at radius 2 is 2.05 bits per heavy atom. The topological polar surface area (TPSA) is 30.5 Å². The summed E-state index contributed by atoms with van der Waals surface area (Å²) in [5.74, 6) is 1.74. The molecule has 3 rings (SSSR count). The molecule has 2 atom stereocenters. The number of rotatable bonds is 4. The molecular weight excluding hydrogens is 258 g/mol. The van der Waals surface area contributed by atoms with Crippen LogP contribution in [-0.4, -0.2) is 24.3 Å². The summed E-state index contributed by atoms with van der Waals surface area (Å²) in [5, 5.41) is 4.48. The Morgan fingerprint density at radius 3 is 2.95 bits per heavy atom. The second-order valence-corrected chi connectivity index (χ2v) is 6.31. The van der Waals surface area contributed by atoms with Crippen LogP contribution in [-0.2, 0) is 6.54 Å². The van der Waals surface area contributed by atoms with Crippen molar-refractivity contribution in [2.45, 2.75) is 43.5 Å². The molecule has 2 unspecified atom stereocenters. The number of thioether (sulfide) groups is 1. The van der Waals surface area contributed by atoms with Crippen molar-refractivity contribution in [1.29, 1.82) is 0 Å². The number of ether oxygens (including phenoxy) is 2. The number of hydrogen-bond acceptors (Lipinski definition) is 4. The lowest BCUT2D eigenvalue weighted by Gasteiger charge is -2.31. The van der Waals surface area contributed by atoms with Gasteiger partial charge in [0.1, 0.15) is 0 Å². The molecule has 1 heterocycles. The molecule has 19 heavy (non-hydrogen) atoms. The van der Waals surface area contributed by atoms with Crippen LogP contribution in [0, 0.1) is 0 Å². The maximum absolute atomic E-state index is 5.42. The lowest BCUT2D eigenvalue weighted by atomic mass is 9.94. The number of benzene rings is 1. The Kier molecular flexibility index (Phi) is 4.18. The molecule has 1 aliphatic heterocycles. The van der Waals surface area contributed by atoms with Gasteiger partial charge in [0.05, 0.1) is 0 Å². The van der Waals surface area contributed by atoms with Crippen LogP contribution in [0.4, 0.5) is 0 Å². The van der Waals surface area contributed by atoms with E-state index in [-0.39, 0.29) is 0 Å². The van der Waals surface area contributed by atoms with Crippen molar-refractivity contribution in [2.75, 3.05) is 13.0 Å². The van der Waals surface area contributed by atoms with E-state index in [0.29, 0.717) is 12.8 Å². The molecule has 0 bridgehead atoms. The SMILES string of the molecule is CSC1CCCCC1NCc1ccc2c(c1)OCO2. The highest BCUT2D eigenvalue weighted by molar-refractivity contribution is 7.99. The van der Waals surface area contributed by atoms with Gasteiger partial charge in [0.2, 0.25) is 6.79 Å². The summed E-state index contributed by atoms with van der Waals surface area (Å²) in [6.45, 7) is 1.27. The fourth-order valence-corrected chi connectivity index (χ4v) is 3.88. The fourth-order valence-electron chi connectivity index (χ4n) is 2.91.